The van der Waals surface area contributed by atoms with Crippen molar-refractivity contribution < 1.29 is 10.2 Å². The molecule has 4 nitrogen and oxygen atoms in total. The van der Waals surface area contributed by atoms with Gasteiger partial charge in [0.15, 0.2) is 0 Å². The van der Waals surface area contributed by atoms with Gasteiger partial charge in [0.1, 0.15) is 5.75 Å². The summed E-state index contributed by atoms with van der Waals surface area (Å²) in [6.07, 6.45) is -0.0880. The SMILES string of the molecule is NCCC(O)c1cc2c(O)cccc2[nH]1. The topological polar surface area (TPSA) is 82.3 Å². The van der Waals surface area contributed by atoms with Crippen LogP contribution in [-0.4, -0.2) is 21.7 Å². The number of rotatable bonds is 3. The van der Waals surface area contributed by atoms with Crippen molar-refractivity contribution in [3.8, 4) is 5.75 Å². The number of aliphatic hydroxyl groups excluding tert-OH is 1. The first-order valence-corrected chi connectivity index (χ1v) is 4.91. The van der Waals surface area contributed by atoms with E-state index >= 15 is 0 Å². The van der Waals surface area contributed by atoms with Crippen LogP contribution in [0, 0.1) is 0 Å². The van der Waals surface area contributed by atoms with Crippen LogP contribution < -0.4 is 5.73 Å². The lowest BCUT2D eigenvalue weighted by molar-refractivity contribution is 0.166. The second-order valence-electron chi connectivity index (χ2n) is 3.56. The van der Waals surface area contributed by atoms with Crippen molar-refractivity contribution in [3.05, 3.63) is 30.0 Å². The molecule has 1 unspecified atom stereocenters. The molecule has 2 aromatic rings. The minimum atomic E-state index is -0.596. The van der Waals surface area contributed by atoms with Gasteiger partial charge >= 0.3 is 0 Å². The van der Waals surface area contributed by atoms with E-state index in [1.165, 1.54) is 0 Å². The van der Waals surface area contributed by atoms with Crippen LogP contribution in [0.1, 0.15) is 18.2 Å². The minimum absolute atomic E-state index is 0.218. The summed E-state index contributed by atoms with van der Waals surface area (Å²) in [5.41, 5.74) is 6.88. The molecule has 0 fully saturated rings. The number of nitrogens with two attached hydrogens (primary N) is 1. The summed E-state index contributed by atoms with van der Waals surface area (Å²) in [5.74, 6) is 0.218. The molecule has 15 heavy (non-hydrogen) atoms. The van der Waals surface area contributed by atoms with Crippen LogP contribution in [0.2, 0.25) is 0 Å². The van der Waals surface area contributed by atoms with Gasteiger partial charge in [0.2, 0.25) is 0 Å². The maximum Gasteiger partial charge on any atom is 0.124 e. The fourth-order valence-electron chi connectivity index (χ4n) is 1.65. The lowest BCUT2D eigenvalue weighted by Gasteiger charge is -2.05. The molecule has 1 atom stereocenters. The highest BCUT2D eigenvalue weighted by Crippen LogP contribution is 2.27. The number of aromatic nitrogens is 1. The number of fused-ring (bicyclic) bond motifs is 1. The molecule has 0 amide bonds. The molecule has 1 aromatic heterocycles. The average molecular weight is 206 g/mol. The molecule has 5 N–H and O–H groups in total. The molecule has 2 rings (SSSR count). The lowest BCUT2D eigenvalue weighted by Crippen LogP contribution is -2.06. The number of hydrogen-bond acceptors (Lipinski definition) is 3. The summed E-state index contributed by atoms with van der Waals surface area (Å²) in [6.45, 7) is 0.433. The third kappa shape index (κ3) is 1.82. The maximum absolute atomic E-state index is 9.72. The van der Waals surface area contributed by atoms with E-state index in [4.69, 9.17) is 5.73 Å². The van der Waals surface area contributed by atoms with E-state index in [-0.39, 0.29) is 5.75 Å². The smallest absolute Gasteiger partial charge is 0.124 e. The molecular weight excluding hydrogens is 192 g/mol. The number of phenols is 1. The number of benzene rings is 1. The number of aromatic hydroxyl groups is 1. The standard InChI is InChI=1S/C11H14N2O2/c12-5-4-11(15)9-6-7-8(13-9)2-1-3-10(7)14/h1-3,6,11,13-15H,4-5,12H2. The third-order valence-electron chi connectivity index (χ3n) is 2.46. The largest absolute Gasteiger partial charge is 0.507 e. The minimum Gasteiger partial charge on any atom is -0.507 e. The van der Waals surface area contributed by atoms with Gasteiger partial charge in [-0.15, -0.1) is 0 Å². The van der Waals surface area contributed by atoms with Gasteiger partial charge in [-0.25, -0.2) is 0 Å². The van der Waals surface area contributed by atoms with Gasteiger partial charge in [-0.2, -0.15) is 0 Å². The molecule has 1 heterocycles. The Morgan fingerprint density at radius 1 is 1.40 bits per heavy atom. The van der Waals surface area contributed by atoms with Gasteiger partial charge in [0.25, 0.3) is 0 Å². The van der Waals surface area contributed by atoms with Crippen LogP contribution in [-0.2, 0) is 0 Å². The first-order chi connectivity index (χ1) is 7.22. The highest BCUT2D eigenvalue weighted by Gasteiger charge is 2.11. The van der Waals surface area contributed by atoms with Crippen molar-refractivity contribution in [1.29, 1.82) is 0 Å². The zero-order chi connectivity index (χ0) is 10.8. The summed E-state index contributed by atoms with van der Waals surface area (Å²) < 4.78 is 0. The second kappa shape index (κ2) is 3.92. The molecular formula is C11H14N2O2. The molecule has 1 aromatic carbocycles. The van der Waals surface area contributed by atoms with Crippen molar-refractivity contribution in [2.45, 2.75) is 12.5 Å². The van der Waals surface area contributed by atoms with Crippen LogP contribution in [0.15, 0.2) is 24.3 Å². The van der Waals surface area contributed by atoms with Crippen LogP contribution in [0.4, 0.5) is 0 Å². The lowest BCUT2D eigenvalue weighted by atomic mass is 10.1. The molecule has 0 saturated carbocycles. The molecule has 0 saturated heterocycles. The van der Waals surface area contributed by atoms with Crippen molar-refractivity contribution in [2.75, 3.05) is 6.54 Å². The van der Waals surface area contributed by atoms with E-state index in [0.717, 1.165) is 10.9 Å². The third-order valence-corrected chi connectivity index (χ3v) is 2.46. The molecule has 80 valence electrons. The summed E-state index contributed by atoms with van der Waals surface area (Å²) in [6, 6.07) is 6.99. The Morgan fingerprint density at radius 2 is 2.20 bits per heavy atom. The Labute approximate surface area is 87.3 Å². The summed E-state index contributed by atoms with van der Waals surface area (Å²) in [4.78, 5) is 3.06. The van der Waals surface area contributed by atoms with E-state index in [9.17, 15) is 10.2 Å². The maximum atomic E-state index is 9.72. The first-order valence-electron chi connectivity index (χ1n) is 4.91. The van der Waals surface area contributed by atoms with Crippen molar-refractivity contribution >= 4 is 10.9 Å². The van der Waals surface area contributed by atoms with E-state index in [0.29, 0.717) is 18.7 Å². The Morgan fingerprint density at radius 3 is 2.87 bits per heavy atom. The fraction of sp³-hybridized carbons (Fsp3) is 0.273. The van der Waals surface area contributed by atoms with Crippen molar-refractivity contribution in [1.82, 2.24) is 4.98 Å². The summed E-state index contributed by atoms with van der Waals surface area (Å²) in [5, 5.41) is 20.0. The van der Waals surface area contributed by atoms with E-state index in [2.05, 4.69) is 4.98 Å². The van der Waals surface area contributed by atoms with E-state index in [1.54, 1.807) is 18.2 Å². The molecule has 0 bridgehead atoms. The Kier molecular flexibility index (Phi) is 2.62. The zero-order valence-electron chi connectivity index (χ0n) is 8.27. The van der Waals surface area contributed by atoms with Crippen LogP contribution in [0.3, 0.4) is 0 Å². The van der Waals surface area contributed by atoms with Gasteiger partial charge in [-0.3, -0.25) is 0 Å². The predicted molar refractivity (Wildman–Crippen MR) is 58.6 cm³/mol. The molecule has 0 radical (unpaired) electrons. The summed E-state index contributed by atoms with van der Waals surface area (Å²) in [7, 11) is 0. The van der Waals surface area contributed by atoms with E-state index in [1.807, 2.05) is 6.07 Å². The molecule has 0 aliphatic carbocycles. The average Bonchev–Trinajstić information content (AvgIpc) is 2.63. The predicted octanol–water partition coefficient (Wildman–Crippen LogP) is 1.26. The molecule has 0 aliphatic rings. The normalized spacial score (nSPS) is 13.2. The van der Waals surface area contributed by atoms with Gasteiger partial charge in [-0.05, 0) is 31.2 Å². The van der Waals surface area contributed by atoms with Crippen molar-refractivity contribution in [3.63, 3.8) is 0 Å². The molecule has 4 heteroatoms. The highest BCUT2D eigenvalue weighted by molar-refractivity contribution is 5.86. The first kappa shape index (κ1) is 10.0. The molecule has 0 spiro atoms. The number of H-pyrrole nitrogens is 1. The van der Waals surface area contributed by atoms with Gasteiger partial charge in [0, 0.05) is 16.6 Å². The van der Waals surface area contributed by atoms with Crippen LogP contribution >= 0.6 is 0 Å². The van der Waals surface area contributed by atoms with Crippen molar-refractivity contribution in [2.24, 2.45) is 5.73 Å². The Bertz CT molecular complexity index is 465. The number of aliphatic hydroxyl groups is 1. The summed E-state index contributed by atoms with van der Waals surface area (Å²) >= 11 is 0. The number of phenolic OH excluding ortho intramolecular Hbond substituents is 1. The monoisotopic (exact) mass is 206 g/mol. The van der Waals surface area contributed by atoms with E-state index < -0.39 is 6.10 Å². The second-order valence-corrected chi connectivity index (χ2v) is 3.56. The number of hydrogen-bond donors (Lipinski definition) is 4. The highest BCUT2D eigenvalue weighted by atomic mass is 16.3. The number of aromatic amines is 1. The van der Waals surface area contributed by atoms with Crippen LogP contribution in [0.25, 0.3) is 10.9 Å². The zero-order valence-corrected chi connectivity index (χ0v) is 8.27. The fourth-order valence-corrected chi connectivity index (χ4v) is 1.65. The number of nitrogens with one attached hydrogen (secondary N) is 1. The Balaban J connectivity index is 2.43. The van der Waals surface area contributed by atoms with Gasteiger partial charge < -0.3 is 20.9 Å². The van der Waals surface area contributed by atoms with Crippen LogP contribution in [0.5, 0.6) is 5.75 Å². The quantitative estimate of drug-likeness (QED) is 0.610. The van der Waals surface area contributed by atoms with Gasteiger partial charge in [-0.1, -0.05) is 6.07 Å². The Hall–Kier alpha value is -1.52. The van der Waals surface area contributed by atoms with Gasteiger partial charge in [0.05, 0.1) is 6.10 Å². The molecule has 0 aliphatic heterocycles.